The van der Waals surface area contributed by atoms with Crippen LogP contribution in [0, 0.1) is 23.6 Å². The Hall–Kier alpha value is -1.25. The van der Waals surface area contributed by atoms with Crippen molar-refractivity contribution in [3.05, 3.63) is 27.0 Å². The Morgan fingerprint density at radius 3 is 2.68 bits per heavy atom. The lowest BCUT2D eigenvalue weighted by molar-refractivity contribution is -0.154. The van der Waals surface area contributed by atoms with Gasteiger partial charge < -0.3 is 10.1 Å². The Balaban J connectivity index is 1.67. The largest absolute Gasteiger partial charge is 0.466 e. The van der Waals surface area contributed by atoms with E-state index in [-0.39, 0.29) is 46.6 Å². The highest BCUT2D eigenvalue weighted by Gasteiger charge is 2.48. The second kappa shape index (κ2) is 8.24. The number of carbonyl (C=O) groups excluding carboxylic acids is 1. The summed E-state index contributed by atoms with van der Waals surface area (Å²) in [6.45, 7) is 2.14. The molecule has 0 spiro atoms. The Morgan fingerprint density at radius 2 is 2.04 bits per heavy atom. The zero-order valence-electron chi connectivity index (χ0n) is 15.3. The van der Waals surface area contributed by atoms with Crippen LogP contribution in [-0.4, -0.2) is 28.6 Å². The third kappa shape index (κ3) is 3.78. The van der Waals surface area contributed by atoms with Gasteiger partial charge in [0.05, 0.1) is 21.2 Å². The van der Waals surface area contributed by atoms with Crippen molar-refractivity contribution in [3.8, 4) is 10.6 Å². The molecule has 3 saturated carbocycles. The van der Waals surface area contributed by atoms with Gasteiger partial charge in [0.2, 0.25) is 5.28 Å². The number of carbonyl (C=O) groups is 1. The fourth-order valence-corrected chi connectivity index (χ4v) is 6.05. The predicted molar refractivity (Wildman–Crippen MR) is 111 cm³/mol. The number of halogens is 3. The summed E-state index contributed by atoms with van der Waals surface area (Å²) < 4.78 is 21.4. The number of rotatable bonds is 5. The third-order valence-corrected chi connectivity index (χ3v) is 7.51. The number of aromatic nitrogens is 2. The van der Waals surface area contributed by atoms with E-state index in [0.29, 0.717) is 11.5 Å². The van der Waals surface area contributed by atoms with E-state index >= 15 is 4.39 Å². The number of hydrogen-bond acceptors (Lipinski definition) is 6. The first kappa shape index (κ1) is 20.0. The van der Waals surface area contributed by atoms with E-state index in [1.54, 1.807) is 13.0 Å². The number of nitrogens with one attached hydrogen (secondary N) is 1. The minimum atomic E-state index is -0.553. The van der Waals surface area contributed by atoms with Gasteiger partial charge >= 0.3 is 5.97 Å². The molecular weight excluding hydrogens is 469 g/mol. The summed E-state index contributed by atoms with van der Waals surface area (Å²) in [6.07, 6.45) is 4.05. The molecule has 28 heavy (non-hydrogen) atoms. The topological polar surface area (TPSA) is 64.1 Å². The standard InChI is InChI=1S/C19H20BrClFN3O2S/c1-2-27-18(26)13-9-3-5-10(6-4-9)15(13)23-17-14(22)16(24-19(21)25-17)11-7-8-12(20)28-11/h7-10,13,15H,2-6H2,1H3,(H,23,24,25)/t9?,10?,13-,15-/m1/s1. The van der Waals surface area contributed by atoms with Crippen LogP contribution >= 0.6 is 38.9 Å². The summed E-state index contributed by atoms with van der Waals surface area (Å²) in [7, 11) is 0. The Bertz CT molecular complexity index is 888. The predicted octanol–water partition coefficient (Wildman–Crippen LogP) is 5.54. The molecule has 2 bridgehead atoms. The third-order valence-electron chi connectivity index (χ3n) is 5.71. The van der Waals surface area contributed by atoms with E-state index in [1.165, 1.54) is 11.3 Å². The first-order valence-corrected chi connectivity index (χ1v) is 11.4. The normalized spacial score (nSPS) is 26.3. The first-order valence-electron chi connectivity index (χ1n) is 9.39. The van der Waals surface area contributed by atoms with Crippen molar-refractivity contribution in [1.29, 1.82) is 0 Å². The number of anilines is 1. The average molecular weight is 489 g/mol. The summed E-state index contributed by atoms with van der Waals surface area (Å²) in [4.78, 5) is 21.4. The zero-order chi connectivity index (χ0) is 19.8. The average Bonchev–Trinajstić information content (AvgIpc) is 3.11. The Kier molecular flexibility index (Phi) is 5.90. The van der Waals surface area contributed by atoms with Gasteiger partial charge in [-0.2, -0.15) is 4.98 Å². The van der Waals surface area contributed by atoms with Gasteiger partial charge in [-0.1, -0.05) is 0 Å². The molecule has 0 radical (unpaired) electrons. The van der Waals surface area contributed by atoms with Gasteiger partial charge in [0, 0.05) is 6.04 Å². The van der Waals surface area contributed by atoms with Crippen LogP contribution in [0.5, 0.6) is 0 Å². The van der Waals surface area contributed by atoms with Crippen LogP contribution < -0.4 is 5.32 Å². The Morgan fingerprint density at radius 1 is 1.32 bits per heavy atom. The van der Waals surface area contributed by atoms with Crippen LogP contribution in [0.1, 0.15) is 32.6 Å². The molecule has 2 atom stereocenters. The summed E-state index contributed by atoms with van der Waals surface area (Å²) >= 11 is 10.8. The van der Waals surface area contributed by atoms with Crippen molar-refractivity contribution in [3.63, 3.8) is 0 Å². The van der Waals surface area contributed by atoms with Gasteiger partial charge in [-0.05, 0) is 84.1 Å². The molecular formula is C19H20BrClFN3O2S. The quantitative estimate of drug-likeness (QED) is 0.442. The van der Waals surface area contributed by atoms with Crippen molar-refractivity contribution in [2.75, 3.05) is 11.9 Å². The molecule has 0 amide bonds. The fraction of sp³-hybridized carbons (Fsp3) is 0.526. The lowest BCUT2D eigenvalue weighted by Crippen LogP contribution is -2.52. The highest BCUT2D eigenvalue weighted by Crippen LogP contribution is 2.47. The molecule has 0 saturated heterocycles. The number of thiophene rings is 1. The Labute approximate surface area is 180 Å². The summed E-state index contributed by atoms with van der Waals surface area (Å²) in [6, 6.07) is 3.40. The molecule has 3 fully saturated rings. The summed E-state index contributed by atoms with van der Waals surface area (Å²) in [5.41, 5.74) is 0.159. The zero-order valence-corrected chi connectivity index (χ0v) is 18.4. The molecule has 2 aromatic rings. The maximum absolute atomic E-state index is 15.3. The van der Waals surface area contributed by atoms with Crippen molar-refractivity contribution < 1.29 is 13.9 Å². The number of hydrogen-bond donors (Lipinski definition) is 1. The molecule has 0 aromatic carbocycles. The van der Waals surface area contributed by atoms with Gasteiger partial charge in [0.25, 0.3) is 0 Å². The summed E-state index contributed by atoms with van der Waals surface area (Å²) in [5.74, 6) is -0.465. The number of ether oxygens (including phenoxy) is 1. The molecule has 5 rings (SSSR count). The monoisotopic (exact) mass is 487 g/mol. The van der Waals surface area contributed by atoms with Crippen LogP contribution in [0.25, 0.3) is 10.6 Å². The van der Waals surface area contributed by atoms with Crippen LogP contribution in [0.15, 0.2) is 15.9 Å². The van der Waals surface area contributed by atoms with Crippen LogP contribution in [-0.2, 0) is 9.53 Å². The fourth-order valence-electron chi connectivity index (χ4n) is 4.51. The first-order chi connectivity index (χ1) is 13.5. The van der Waals surface area contributed by atoms with Gasteiger partial charge in [-0.25, -0.2) is 9.37 Å². The van der Waals surface area contributed by atoms with Crippen LogP contribution in [0.3, 0.4) is 0 Å². The molecule has 2 heterocycles. The van der Waals surface area contributed by atoms with Crippen molar-refractivity contribution in [2.45, 2.75) is 38.6 Å². The van der Waals surface area contributed by atoms with Gasteiger partial charge in [0.1, 0.15) is 5.69 Å². The molecule has 3 aliphatic carbocycles. The van der Waals surface area contributed by atoms with Gasteiger partial charge in [0.15, 0.2) is 11.6 Å². The molecule has 3 aliphatic rings. The minimum absolute atomic E-state index is 0.0305. The molecule has 1 N–H and O–H groups in total. The molecule has 9 heteroatoms. The number of nitrogens with zero attached hydrogens (tertiary/aromatic N) is 2. The van der Waals surface area contributed by atoms with E-state index in [1.807, 2.05) is 6.07 Å². The maximum atomic E-state index is 15.3. The molecule has 0 aliphatic heterocycles. The van der Waals surface area contributed by atoms with Crippen molar-refractivity contribution >= 4 is 50.7 Å². The molecule has 5 nitrogen and oxygen atoms in total. The van der Waals surface area contributed by atoms with Gasteiger partial charge in [-0.15, -0.1) is 11.3 Å². The van der Waals surface area contributed by atoms with E-state index in [9.17, 15) is 4.79 Å². The summed E-state index contributed by atoms with van der Waals surface area (Å²) in [5, 5.41) is 3.18. The minimum Gasteiger partial charge on any atom is -0.466 e. The second-order valence-corrected chi connectivity index (χ2v) is 10.0. The lowest BCUT2D eigenvalue weighted by atomic mass is 9.61. The number of fused-ring (bicyclic) bond motifs is 3. The highest BCUT2D eigenvalue weighted by atomic mass is 79.9. The SMILES string of the molecule is CCOC(=O)[C@@H]1C2CCC(CC2)[C@H]1Nc1nc(Cl)nc(-c2ccc(Br)s2)c1F. The smallest absolute Gasteiger partial charge is 0.311 e. The second-order valence-electron chi connectivity index (χ2n) is 7.23. The van der Waals surface area contributed by atoms with E-state index < -0.39 is 5.82 Å². The van der Waals surface area contributed by atoms with Crippen molar-refractivity contribution in [2.24, 2.45) is 17.8 Å². The van der Waals surface area contributed by atoms with Crippen LogP contribution in [0.2, 0.25) is 5.28 Å². The van der Waals surface area contributed by atoms with Crippen molar-refractivity contribution in [1.82, 2.24) is 9.97 Å². The highest BCUT2D eigenvalue weighted by molar-refractivity contribution is 9.11. The van der Waals surface area contributed by atoms with E-state index in [4.69, 9.17) is 16.3 Å². The lowest BCUT2D eigenvalue weighted by Gasteiger charge is -2.47. The molecule has 0 unspecified atom stereocenters. The maximum Gasteiger partial charge on any atom is 0.311 e. The molecule has 150 valence electrons. The number of esters is 1. The van der Waals surface area contributed by atoms with Crippen LogP contribution in [0.4, 0.5) is 10.2 Å². The van der Waals surface area contributed by atoms with E-state index in [0.717, 1.165) is 29.5 Å². The van der Waals surface area contributed by atoms with E-state index in [2.05, 4.69) is 31.2 Å². The van der Waals surface area contributed by atoms with Gasteiger partial charge in [-0.3, -0.25) is 4.79 Å². The molecule has 2 aromatic heterocycles.